The monoisotopic (exact) mass is 332 g/mol. The van der Waals surface area contributed by atoms with Crippen molar-refractivity contribution in [1.29, 1.82) is 0 Å². The first-order valence-corrected chi connectivity index (χ1v) is 8.02. The standard InChI is InChI=1S/C17H21FN4O2/c1-12-9-15-19-20-16(11-24-2)22(15)8-7-21(12)17(23)10-13-3-5-14(18)6-4-13/h3-6,12H,7-11H2,1-2H3. The fourth-order valence-electron chi connectivity index (χ4n) is 3.07. The minimum absolute atomic E-state index is 0.0405. The summed E-state index contributed by atoms with van der Waals surface area (Å²) >= 11 is 0. The molecule has 128 valence electrons. The summed E-state index contributed by atoms with van der Waals surface area (Å²) in [4.78, 5) is 14.5. The molecule has 1 atom stereocenters. The fraction of sp³-hybridized carbons (Fsp3) is 0.471. The second kappa shape index (κ2) is 7.09. The molecule has 0 aliphatic carbocycles. The van der Waals surface area contributed by atoms with Crippen molar-refractivity contribution in [1.82, 2.24) is 19.7 Å². The second-order valence-electron chi connectivity index (χ2n) is 6.06. The van der Waals surface area contributed by atoms with E-state index in [1.54, 1.807) is 19.2 Å². The molecule has 1 aromatic heterocycles. The Morgan fingerprint density at radius 2 is 2.04 bits per heavy atom. The minimum Gasteiger partial charge on any atom is -0.377 e. The Hall–Kier alpha value is -2.28. The number of amides is 1. The molecule has 1 aromatic carbocycles. The van der Waals surface area contributed by atoms with Crippen LogP contribution in [0.15, 0.2) is 24.3 Å². The molecule has 7 heteroatoms. The smallest absolute Gasteiger partial charge is 0.227 e. The van der Waals surface area contributed by atoms with Crippen LogP contribution in [0.25, 0.3) is 0 Å². The Morgan fingerprint density at radius 3 is 2.75 bits per heavy atom. The summed E-state index contributed by atoms with van der Waals surface area (Å²) in [5.74, 6) is 1.42. The molecule has 0 bridgehead atoms. The van der Waals surface area contributed by atoms with Gasteiger partial charge in [0.15, 0.2) is 5.82 Å². The first kappa shape index (κ1) is 16.6. The van der Waals surface area contributed by atoms with E-state index in [1.807, 2.05) is 16.4 Å². The largest absolute Gasteiger partial charge is 0.377 e. The van der Waals surface area contributed by atoms with Gasteiger partial charge in [0.1, 0.15) is 18.2 Å². The maximum absolute atomic E-state index is 13.0. The van der Waals surface area contributed by atoms with E-state index < -0.39 is 0 Å². The number of fused-ring (bicyclic) bond motifs is 1. The van der Waals surface area contributed by atoms with E-state index in [2.05, 4.69) is 10.2 Å². The van der Waals surface area contributed by atoms with Gasteiger partial charge in [-0.3, -0.25) is 4.79 Å². The zero-order valence-electron chi connectivity index (χ0n) is 13.9. The number of carbonyl (C=O) groups excluding carboxylic acids is 1. The molecule has 2 heterocycles. The van der Waals surface area contributed by atoms with Crippen LogP contribution in [0, 0.1) is 5.82 Å². The van der Waals surface area contributed by atoms with Crippen molar-refractivity contribution in [3.63, 3.8) is 0 Å². The van der Waals surface area contributed by atoms with Crippen LogP contribution in [0.1, 0.15) is 24.1 Å². The first-order chi connectivity index (χ1) is 11.6. The summed E-state index contributed by atoms with van der Waals surface area (Å²) in [5.41, 5.74) is 0.817. The zero-order chi connectivity index (χ0) is 17.1. The van der Waals surface area contributed by atoms with Crippen LogP contribution in [-0.4, -0.2) is 45.3 Å². The molecule has 0 N–H and O–H groups in total. The maximum Gasteiger partial charge on any atom is 0.227 e. The van der Waals surface area contributed by atoms with Gasteiger partial charge < -0.3 is 14.2 Å². The molecule has 0 fully saturated rings. The molecular weight excluding hydrogens is 311 g/mol. The number of halogens is 1. The Kier molecular flexibility index (Phi) is 4.89. The van der Waals surface area contributed by atoms with Crippen LogP contribution in [0.3, 0.4) is 0 Å². The predicted octanol–water partition coefficient (Wildman–Crippen LogP) is 1.58. The lowest BCUT2D eigenvalue weighted by atomic mass is 10.1. The minimum atomic E-state index is -0.294. The number of nitrogens with zero attached hydrogens (tertiary/aromatic N) is 4. The summed E-state index contributed by atoms with van der Waals surface area (Å²) in [7, 11) is 1.62. The molecule has 1 aliphatic rings. The van der Waals surface area contributed by atoms with Crippen molar-refractivity contribution >= 4 is 5.91 Å². The van der Waals surface area contributed by atoms with Crippen LogP contribution in [0.2, 0.25) is 0 Å². The SMILES string of the molecule is COCc1nnc2n1CCN(C(=O)Cc1ccc(F)cc1)C(C)C2. The van der Waals surface area contributed by atoms with Crippen LogP contribution in [0.5, 0.6) is 0 Å². The van der Waals surface area contributed by atoms with Crippen LogP contribution in [-0.2, 0) is 35.5 Å². The number of hydrogen-bond acceptors (Lipinski definition) is 4. The molecule has 1 amide bonds. The van der Waals surface area contributed by atoms with Gasteiger partial charge in [0.25, 0.3) is 0 Å². The van der Waals surface area contributed by atoms with E-state index in [-0.39, 0.29) is 24.2 Å². The van der Waals surface area contributed by atoms with Crippen LogP contribution >= 0.6 is 0 Å². The van der Waals surface area contributed by atoms with Gasteiger partial charge in [0.05, 0.1) is 6.42 Å². The summed E-state index contributed by atoms with van der Waals surface area (Å²) in [6, 6.07) is 6.11. The number of hydrogen-bond donors (Lipinski definition) is 0. The van der Waals surface area contributed by atoms with Crippen molar-refractivity contribution in [2.75, 3.05) is 13.7 Å². The lowest BCUT2D eigenvalue weighted by molar-refractivity contribution is -0.132. The van der Waals surface area contributed by atoms with E-state index >= 15 is 0 Å². The third-order valence-electron chi connectivity index (χ3n) is 4.34. The van der Waals surface area contributed by atoms with Gasteiger partial charge in [-0.1, -0.05) is 12.1 Å². The fourth-order valence-corrected chi connectivity index (χ4v) is 3.07. The van der Waals surface area contributed by atoms with Gasteiger partial charge in [0, 0.05) is 32.7 Å². The second-order valence-corrected chi connectivity index (χ2v) is 6.06. The third-order valence-corrected chi connectivity index (χ3v) is 4.34. The summed E-state index contributed by atoms with van der Waals surface area (Å²) in [6.45, 7) is 3.68. The first-order valence-electron chi connectivity index (χ1n) is 8.02. The molecule has 24 heavy (non-hydrogen) atoms. The lowest BCUT2D eigenvalue weighted by Crippen LogP contribution is -2.41. The van der Waals surface area contributed by atoms with E-state index in [1.165, 1.54) is 12.1 Å². The molecule has 2 aromatic rings. The number of aromatic nitrogens is 3. The molecule has 0 saturated carbocycles. The highest BCUT2D eigenvalue weighted by atomic mass is 19.1. The summed E-state index contributed by atoms with van der Waals surface area (Å²) in [6.07, 6.45) is 0.933. The third kappa shape index (κ3) is 3.46. The predicted molar refractivity (Wildman–Crippen MR) is 85.7 cm³/mol. The normalized spacial score (nSPS) is 17.5. The van der Waals surface area contributed by atoms with Gasteiger partial charge in [-0.15, -0.1) is 10.2 Å². The van der Waals surface area contributed by atoms with E-state index in [0.717, 1.165) is 17.2 Å². The Labute approximate surface area is 140 Å². The molecule has 0 spiro atoms. The highest BCUT2D eigenvalue weighted by Crippen LogP contribution is 2.16. The Bertz CT molecular complexity index is 714. The van der Waals surface area contributed by atoms with E-state index in [9.17, 15) is 9.18 Å². The number of ether oxygens (including phenoxy) is 1. The van der Waals surface area contributed by atoms with Gasteiger partial charge >= 0.3 is 0 Å². The number of methoxy groups -OCH3 is 1. The lowest BCUT2D eigenvalue weighted by Gasteiger charge is -2.26. The quantitative estimate of drug-likeness (QED) is 0.853. The van der Waals surface area contributed by atoms with Crippen molar-refractivity contribution in [3.05, 3.63) is 47.3 Å². The van der Waals surface area contributed by atoms with Crippen molar-refractivity contribution in [3.8, 4) is 0 Å². The molecule has 0 radical (unpaired) electrons. The molecule has 6 nitrogen and oxygen atoms in total. The van der Waals surface area contributed by atoms with Crippen molar-refractivity contribution in [2.24, 2.45) is 0 Å². The molecule has 1 aliphatic heterocycles. The van der Waals surface area contributed by atoms with Gasteiger partial charge in [-0.2, -0.15) is 0 Å². The number of carbonyl (C=O) groups is 1. The Balaban J connectivity index is 1.71. The topological polar surface area (TPSA) is 60.3 Å². The van der Waals surface area contributed by atoms with Gasteiger partial charge in [0.2, 0.25) is 5.91 Å². The maximum atomic E-state index is 13.0. The average molecular weight is 332 g/mol. The molecule has 1 unspecified atom stereocenters. The molecule has 0 saturated heterocycles. The van der Waals surface area contributed by atoms with Gasteiger partial charge in [-0.25, -0.2) is 4.39 Å². The average Bonchev–Trinajstić information content (AvgIpc) is 2.83. The van der Waals surface area contributed by atoms with Crippen molar-refractivity contribution < 1.29 is 13.9 Å². The van der Waals surface area contributed by atoms with Crippen LogP contribution in [0.4, 0.5) is 4.39 Å². The highest BCUT2D eigenvalue weighted by molar-refractivity contribution is 5.79. The molecule has 3 rings (SSSR count). The van der Waals surface area contributed by atoms with Crippen LogP contribution < -0.4 is 0 Å². The van der Waals surface area contributed by atoms with Gasteiger partial charge in [-0.05, 0) is 24.6 Å². The van der Waals surface area contributed by atoms with Crippen molar-refractivity contribution in [2.45, 2.75) is 39.0 Å². The molecular formula is C17H21FN4O2. The summed E-state index contributed by atoms with van der Waals surface area (Å²) in [5, 5.41) is 8.39. The highest BCUT2D eigenvalue weighted by Gasteiger charge is 2.27. The van der Waals surface area contributed by atoms with E-state index in [4.69, 9.17) is 4.74 Å². The number of benzene rings is 1. The van der Waals surface area contributed by atoms with E-state index in [0.29, 0.717) is 26.1 Å². The Morgan fingerprint density at radius 1 is 1.29 bits per heavy atom. The zero-order valence-corrected chi connectivity index (χ0v) is 13.9. The summed E-state index contributed by atoms with van der Waals surface area (Å²) < 4.78 is 20.2. The number of rotatable bonds is 4.